The predicted octanol–water partition coefficient (Wildman–Crippen LogP) is 1.10. The molecule has 0 aliphatic heterocycles. The Labute approximate surface area is 148 Å². The second-order valence-corrected chi connectivity index (χ2v) is 5.51. The normalized spacial score (nSPS) is 11.8. The lowest BCUT2D eigenvalue weighted by Gasteiger charge is -2.15. The van der Waals surface area contributed by atoms with Crippen LogP contribution in [0, 0.1) is 0 Å². The van der Waals surface area contributed by atoms with Gasteiger partial charge in [-0.15, -0.1) is 0 Å². The molecule has 0 saturated heterocycles. The molecule has 2 N–H and O–H groups in total. The summed E-state index contributed by atoms with van der Waals surface area (Å²) in [4.78, 5) is 35.5. The molecule has 0 fully saturated rings. The van der Waals surface area contributed by atoms with Crippen LogP contribution in [0.3, 0.4) is 0 Å². The zero-order valence-corrected chi connectivity index (χ0v) is 14.1. The first kappa shape index (κ1) is 18.6. The molecule has 8 nitrogen and oxygen atoms in total. The summed E-state index contributed by atoms with van der Waals surface area (Å²) < 4.78 is 5.96. The van der Waals surface area contributed by atoms with Crippen LogP contribution in [0.4, 0.5) is 0 Å². The SMILES string of the molecule is COCCn1nc(C(=O)NC(C(=O)O)c2ccc(Cl)cc2)ccc1=O. The Bertz CT molecular complexity index is 819. The van der Waals surface area contributed by atoms with E-state index in [0.29, 0.717) is 10.6 Å². The lowest BCUT2D eigenvalue weighted by atomic mass is 10.1. The van der Waals surface area contributed by atoms with Crippen molar-refractivity contribution in [1.29, 1.82) is 0 Å². The molecule has 0 radical (unpaired) electrons. The summed E-state index contributed by atoms with van der Waals surface area (Å²) in [5.74, 6) is -1.95. The number of aromatic nitrogens is 2. The van der Waals surface area contributed by atoms with Gasteiger partial charge in [-0.2, -0.15) is 5.10 Å². The van der Waals surface area contributed by atoms with Crippen LogP contribution in [0.15, 0.2) is 41.2 Å². The summed E-state index contributed by atoms with van der Waals surface area (Å²) >= 11 is 5.78. The van der Waals surface area contributed by atoms with Gasteiger partial charge in [-0.05, 0) is 23.8 Å². The van der Waals surface area contributed by atoms with Gasteiger partial charge in [0.1, 0.15) is 5.69 Å². The highest BCUT2D eigenvalue weighted by Crippen LogP contribution is 2.17. The van der Waals surface area contributed by atoms with Gasteiger partial charge in [0, 0.05) is 18.2 Å². The van der Waals surface area contributed by atoms with Gasteiger partial charge in [-0.25, -0.2) is 9.48 Å². The van der Waals surface area contributed by atoms with Crippen molar-refractivity contribution in [3.8, 4) is 0 Å². The van der Waals surface area contributed by atoms with Gasteiger partial charge in [-0.1, -0.05) is 23.7 Å². The third-order valence-electron chi connectivity index (χ3n) is 3.33. The number of nitrogens with zero attached hydrogens (tertiary/aromatic N) is 2. The molecule has 9 heteroatoms. The molecule has 0 spiro atoms. The predicted molar refractivity (Wildman–Crippen MR) is 89.7 cm³/mol. The van der Waals surface area contributed by atoms with Crippen molar-refractivity contribution in [1.82, 2.24) is 15.1 Å². The van der Waals surface area contributed by atoms with E-state index in [4.69, 9.17) is 16.3 Å². The van der Waals surface area contributed by atoms with Gasteiger partial charge < -0.3 is 15.2 Å². The maximum atomic E-state index is 12.3. The van der Waals surface area contributed by atoms with Gasteiger partial charge in [0.25, 0.3) is 11.5 Å². The van der Waals surface area contributed by atoms with Crippen LogP contribution in [0.2, 0.25) is 5.02 Å². The number of carboxylic acid groups (broad SMARTS) is 1. The number of aliphatic carboxylic acids is 1. The number of carbonyl (C=O) groups is 2. The minimum Gasteiger partial charge on any atom is -0.479 e. The number of nitrogens with one attached hydrogen (secondary N) is 1. The average Bonchev–Trinajstić information content (AvgIpc) is 2.59. The van der Waals surface area contributed by atoms with Gasteiger partial charge in [0.15, 0.2) is 6.04 Å². The molecule has 0 saturated carbocycles. The molecule has 0 bridgehead atoms. The second-order valence-electron chi connectivity index (χ2n) is 5.07. The van der Waals surface area contributed by atoms with Crippen LogP contribution in [0.5, 0.6) is 0 Å². The van der Waals surface area contributed by atoms with E-state index >= 15 is 0 Å². The number of amides is 1. The molecular formula is C16H16ClN3O5. The van der Waals surface area contributed by atoms with Crippen molar-refractivity contribution >= 4 is 23.5 Å². The molecule has 1 atom stereocenters. The third kappa shape index (κ3) is 4.88. The van der Waals surface area contributed by atoms with E-state index in [0.717, 1.165) is 4.68 Å². The summed E-state index contributed by atoms with van der Waals surface area (Å²) in [6.07, 6.45) is 0. The van der Waals surface area contributed by atoms with Crippen molar-refractivity contribution in [3.63, 3.8) is 0 Å². The summed E-state index contributed by atoms with van der Waals surface area (Å²) in [7, 11) is 1.48. The maximum Gasteiger partial charge on any atom is 0.330 e. The summed E-state index contributed by atoms with van der Waals surface area (Å²) in [5, 5.41) is 16.1. The monoisotopic (exact) mass is 365 g/mol. The molecule has 1 aromatic carbocycles. The van der Waals surface area contributed by atoms with Gasteiger partial charge in [-0.3, -0.25) is 9.59 Å². The topological polar surface area (TPSA) is 111 Å². The molecular weight excluding hydrogens is 350 g/mol. The zero-order chi connectivity index (χ0) is 18.4. The number of rotatable bonds is 7. The van der Waals surface area contributed by atoms with Crippen LogP contribution in [0.1, 0.15) is 22.1 Å². The molecule has 1 aromatic heterocycles. The summed E-state index contributed by atoms with van der Waals surface area (Å²) in [6, 6.07) is 7.23. The summed E-state index contributed by atoms with van der Waals surface area (Å²) in [6.45, 7) is 0.427. The van der Waals surface area contributed by atoms with Gasteiger partial charge in [0.05, 0.1) is 13.2 Å². The highest BCUT2D eigenvalue weighted by molar-refractivity contribution is 6.30. The molecule has 1 amide bonds. The molecule has 1 unspecified atom stereocenters. The van der Waals surface area contributed by atoms with E-state index in [1.165, 1.54) is 43.5 Å². The number of carboxylic acids is 1. The highest BCUT2D eigenvalue weighted by atomic mass is 35.5. The quantitative estimate of drug-likeness (QED) is 0.760. The number of hydrogen-bond acceptors (Lipinski definition) is 5. The number of halogens is 1. The Balaban J connectivity index is 2.22. The fourth-order valence-electron chi connectivity index (χ4n) is 2.06. The summed E-state index contributed by atoms with van der Waals surface area (Å²) in [5.41, 5.74) is -0.102. The molecule has 25 heavy (non-hydrogen) atoms. The minimum absolute atomic E-state index is 0.0732. The van der Waals surface area contributed by atoms with Gasteiger partial charge >= 0.3 is 5.97 Å². The number of ether oxygens (including phenoxy) is 1. The Hall–Kier alpha value is -2.71. The van der Waals surface area contributed by atoms with E-state index in [1.54, 1.807) is 0 Å². The van der Waals surface area contributed by atoms with Crippen LogP contribution >= 0.6 is 11.6 Å². The maximum absolute atomic E-state index is 12.3. The van der Waals surface area contributed by atoms with E-state index < -0.39 is 17.9 Å². The standard InChI is InChI=1S/C16H16ClN3O5/c1-25-9-8-20-13(21)7-6-12(19-20)15(22)18-14(16(23)24)10-2-4-11(17)5-3-10/h2-7,14H,8-9H2,1H3,(H,18,22)(H,23,24). The number of carbonyl (C=O) groups excluding carboxylic acids is 1. The Kier molecular flexibility index (Phi) is 6.26. The highest BCUT2D eigenvalue weighted by Gasteiger charge is 2.23. The molecule has 2 aromatic rings. The number of methoxy groups -OCH3 is 1. The van der Waals surface area contributed by atoms with E-state index in [2.05, 4.69) is 10.4 Å². The number of hydrogen-bond donors (Lipinski definition) is 2. The fourth-order valence-corrected chi connectivity index (χ4v) is 2.18. The molecule has 2 rings (SSSR count). The smallest absolute Gasteiger partial charge is 0.330 e. The van der Waals surface area contributed by atoms with Crippen molar-refractivity contribution in [2.75, 3.05) is 13.7 Å². The van der Waals surface area contributed by atoms with Crippen LogP contribution in [-0.4, -0.2) is 40.5 Å². The van der Waals surface area contributed by atoms with Crippen molar-refractivity contribution < 1.29 is 19.4 Å². The first-order valence-electron chi connectivity index (χ1n) is 7.28. The van der Waals surface area contributed by atoms with E-state index in [9.17, 15) is 19.5 Å². The van der Waals surface area contributed by atoms with E-state index in [-0.39, 0.29) is 24.4 Å². The Morgan fingerprint density at radius 1 is 1.28 bits per heavy atom. The van der Waals surface area contributed by atoms with Crippen molar-refractivity contribution in [3.05, 3.63) is 63.0 Å². The Morgan fingerprint density at radius 3 is 2.56 bits per heavy atom. The molecule has 0 aliphatic rings. The minimum atomic E-state index is -1.27. The third-order valence-corrected chi connectivity index (χ3v) is 3.58. The van der Waals surface area contributed by atoms with Crippen molar-refractivity contribution in [2.45, 2.75) is 12.6 Å². The van der Waals surface area contributed by atoms with E-state index in [1.807, 2.05) is 0 Å². The Morgan fingerprint density at radius 2 is 1.96 bits per heavy atom. The lowest BCUT2D eigenvalue weighted by molar-refractivity contribution is -0.139. The largest absolute Gasteiger partial charge is 0.479 e. The van der Waals surface area contributed by atoms with Crippen LogP contribution in [0.25, 0.3) is 0 Å². The zero-order valence-electron chi connectivity index (χ0n) is 13.3. The average molecular weight is 366 g/mol. The van der Waals surface area contributed by atoms with Crippen LogP contribution < -0.4 is 10.9 Å². The van der Waals surface area contributed by atoms with Gasteiger partial charge in [0.2, 0.25) is 0 Å². The second kappa shape index (κ2) is 8.41. The molecule has 0 aliphatic carbocycles. The lowest BCUT2D eigenvalue weighted by Crippen LogP contribution is -2.36. The molecule has 1 heterocycles. The first-order valence-corrected chi connectivity index (χ1v) is 7.66. The fraction of sp³-hybridized carbons (Fsp3) is 0.250. The molecule has 132 valence electrons. The number of benzene rings is 1. The first-order chi connectivity index (χ1) is 11.9. The van der Waals surface area contributed by atoms with Crippen molar-refractivity contribution in [2.24, 2.45) is 0 Å². The van der Waals surface area contributed by atoms with Crippen LogP contribution in [-0.2, 0) is 16.1 Å².